The molecule has 2 heterocycles. The maximum absolute atomic E-state index is 13.2. The lowest BCUT2D eigenvalue weighted by Gasteiger charge is -2.44. The van der Waals surface area contributed by atoms with Crippen LogP contribution < -0.4 is 0 Å². The van der Waals surface area contributed by atoms with Crippen molar-refractivity contribution in [3.63, 3.8) is 0 Å². The number of likely N-dealkylation sites (tertiary alicyclic amines) is 2. The van der Waals surface area contributed by atoms with Gasteiger partial charge in [-0.1, -0.05) is 26.2 Å². The highest BCUT2D eigenvalue weighted by atomic mass is 16.2. The normalized spacial score (nSPS) is 40.9. The fourth-order valence-corrected chi connectivity index (χ4v) is 7.83. The van der Waals surface area contributed by atoms with Crippen LogP contribution in [0.2, 0.25) is 0 Å². The van der Waals surface area contributed by atoms with E-state index in [1.54, 1.807) is 4.90 Å². The van der Waals surface area contributed by atoms with Gasteiger partial charge in [-0.15, -0.1) is 0 Å². The van der Waals surface area contributed by atoms with Gasteiger partial charge in [0.15, 0.2) is 0 Å². The standard InChI is InChI=1S/C25H38N2O3/c1-16-10-11-18-12-13-19(16)23-22(18)24(29)27(25(23)30)15-5-9-21(28)26-14-4-7-17-6-2-3-8-20(17)26/h16-20,22-23H,2-15H2,1H3/t16?,17?,18?,19?,20?,22-,23+/m1/s1. The zero-order valence-electron chi connectivity index (χ0n) is 18.6. The molecule has 2 aliphatic heterocycles. The Kier molecular flexibility index (Phi) is 5.66. The van der Waals surface area contributed by atoms with Gasteiger partial charge < -0.3 is 4.90 Å². The predicted octanol–water partition coefficient (Wildman–Crippen LogP) is 4.01. The van der Waals surface area contributed by atoms with Crippen molar-refractivity contribution in [2.45, 2.75) is 90.0 Å². The molecule has 5 nitrogen and oxygen atoms in total. The van der Waals surface area contributed by atoms with Crippen LogP contribution >= 0.6 is 0 Å². The average Bonchev–Trinajstić information content (AvgIpc) is 2.90. The van der Waals surface area contributed by atoms with Crippen molar-refractivity contribution in [1.29, 1.82) is 0 Å². The van der Waals surface area contributed by atoms with Crippen molar-refractivity contribution in [3.8, 4) is 0 Å². The van der Waals surface area contributed by atoms with E-state index in [2.05, 4.69) is 11.8 Å². The van der Waals surface area contributed by atoms with Crippen LogP contribution in [-0.4, -0.2) is 46.7 Å². The molecule has 166 valence electrons. The number of hydrogen-bond donors (Lipinski definition) is 0. The lowest BCUT2D eigenvalue weighted by molar-refractivity contribution is -0.142. The molecule has 0 aromatic carbocycles. The van der Waals surface area contributed by atoms with E-state index in [1.807, 2.05) is 0 Å². The van der Waals surface area contributed by atoms with E-state index in [0.29, 0.717) is 49.1 Å². The third kappa shape index (κ3) is 3.40. The van der Waals surface area contributed by atoms with E-state index in [0.717, 1.165) is 45.1 Å². The second-order valence-corrected chi connectivity index (χ2v) is 10.9. The van der Waals surface area contributed by atoms with Crippen LogP contribution in [0.5, 0.6) is 0 Å². The molecule has 2 saturated heterocycles. The lowest BCUT2D eigenvalue weighted by atomic mass is 9.67. The summed E-state index contributed by atoms with van der Waals surface area (Å²) in [4.78, 5) is 43.1. The van der Waals surface area contributed by atoms with E-state index < -0.39 is 0 Å². The third-order valence-corrected chi connectivity index (χ3v) is 9.39. The van der Waals surface area contributed by atoms with Gasteiger partial charge in [0.05, 0.1) is 11.8 Å². The smallest absolute Gasteiger partial charge is 0.233 e. The Morgan fingerprint density at radius 2 is 1.60 bits per heavy atom. The van der Waals surface area contributed by atoms with Crippen LogP contribution in [0.3, 0.4) is 0 Å². The molecule has 7 atom stereocenters. The van der Waals surface area contributed by atoms with Crippen LogP contribution in [0.4, 0.5) is 0 Å². The van der Waals surface area contributed by atoms with Crippen LogP contribution in [0.25, 0.3) is 0 Å². The Morgan fingerprint density at radius 3 is 2.47 bits per heavy atom. The molecule has 2 bridgehead atoms. The fraction of sp³-hybridized carbons (Fsp3) is 0.880. The summed E-state index contributed by atoms with van der Waals surface area (Å²) in [6.07, 6.45) is 12.9. The van der Waals surface area contributed by atoms with Crippen molar-refractivity contribution in [2.75, 3.05) is 13.1 Å². The summed E-state index contributed by atoms with van der Waals surface area (Å²) in [6.45, 7) is 3.60. The van der Waals surface area contributed by atoms with Gasteiger partial charge >= 0.3 is 0 Å². The van der Waals surface area contributed by atoms with Gasteiger partial charge in [0.2, 0.25) is 17.7 Å². The fourth-order valence-electron chi connectivity index (χ4n) is 7.83. The van der Waals surface area contributed by atoms with E-state index in [9.17, 15) is 14.4 Å². The van der Waals surface area contributed by atoms with Gasteiger partial charge in [-0.25, -0.2) is 0 Å². The number of rotatable bonds is 4. The first-order valence-electron chi connectivity index (χ1n) is 12.7. The maximum atomic E-state index is 13.2. The van der Waals surface area contributed by atoms with Crippen LogP contribution in [0.1, 0.15) is 84.0 Å². The van der Waals surface area contributed by atoms with Gasteiger partial charge in [0.1, 0.15) is 0 Å². The Hall–Kier alpha value is -1.39. The minimum atomic E-state index is -0.0745. The summed E-state index contributed by atoms with van der Waals surface area (Å²) in [5.41, 5.74) is 0. The van der Waals surface area contributed by atoms with Crippen LogP contribution in [0, 0.1) is 35.5 Å². The minimum Gasteiger partial charge on any atom is -0.339 e. The molecule has 0 aromatic heterocycles. The Morgan fingerprint density at radius 1 is 0.867 bits per heavy atom. The van der Waals surface area contributed by atoms with Gasteiger partial charge in [-0.2, -0.15) is 0 Å². The van der Waals surface area contributed by atoms with Gasteiger partial charge in [0, 0.05) is 25.6 Å². The number of imide groups is 1. The minimum absolute atomic E-state index is 0.0676. The molecule has 0 spiro atoms. The molecule has 30 heavy (non-hydrogen) atoms. The molecule has 0 aromatic rings. The summed E-state index contributed by atoms with van der Waals surface area (Å²) in [6, 6.07) is 0.443. The van der Waals surface area contributed by atoms with Crippen LogP contribution in [0.15, 0.2) is 0 Å². The molecular formula is C25H38N2O3. The van der Waals surface area contributed by atoms with Crippen molar-refractivity contribution in [1.82, 2.24) is 9.80 Å². The number of hydrogen-bond acceptors (Lipinski definition) is 3. The van der Waals surface area contributed by atoms with Crippen molar-refractivity contribution in [2.24, 2.45) is 35.5 Å². The molecule has 5 unspecified atom stereocenters. The first-order chi connectivity index (χ1) is 14.6. The molecule has 3 amide bonds. The van der Waals surface area contributed by atoms with Crippen molar-refractivity contribution in [3.05, 3.63) is 0 Å². The summed E-state index contributed by atoms with van der Waals surface area (Å²) in [7, 11) is 0. The second-order valence-electron chi connectivity index (χ2n) is 10.9. The number of nitrogens with zero attached hydrogens (tertiary/aromatic N) is 2. The first-order valence-corrected chi connectivity index (χ1v) is 12.7. The molecule has 6 aliphatic rings. The SMILES string of the molecule is CC1CCC2CCC1[C@@H]1C(=O)N(CCCC(=O)N3CCCC4CCCCC43)C(=O)[C@H]21. The zero-order chi connectivity index (χ0) is 20.8. The lowest BCUT2D eigenvalue weighted by Crippen LogP contribution is -2.49. The van der Waals surface area contributed by atoms with E-state index >= 15 is 0 Å². The zero-order valence-corrected chi connectivity index (χ0v) is 18.6. The molecule has 6 rings (SSSR count). The third-order valence-electron chi connectivity index (χ3n) is 9.39. The predicted molar refractivity (Wildman–Crippen MR) is 114 cm³/mol. The summed E-state index contributed by atoms with van der Waals surface area (Å²) in [5, 5.41) is 0. The van der Waals surface area contributed by atoms with Crippen molar-refractivity contribution < 1.29 is 14.4 Å². The van der Waals surface area contributed by atoms with Crippen molar-refractivity contribution >= 4 is 17.7 Å². The maximum Gasteiger partial charge on any atom is 0.233 e. The van der Waals surface area contributed by atoms with Gasteiger partial charge in [0.25, 0.3) is 0 Å². The number of piperidine rings is 1. The number of fused-ring (bicyclic) bond motifs is 4. The number of carbonyl (C=O) groups excluding carboxylic acids is 3. The van der Waals surface area contributed by atoms with Crippen LogP contribution in [-0.2, 0) is 14.4 Å². The monoisotopic (exact) mass is 414 g/mol. The van der Waals surface area contributed by atoms with Gasteiger partial charge in [-0.05, 0) is 75.0 Å². The Balaban J connectivity index is 1.19. The topological polar surface area (TPSA) is 57.7 Å². The summed E-state index contributed by atoms with van der Waals surface area (Å²) >= 11 is 0. The molecule has 4 saturated carbocycles. The number of amides is 3. The molecule has 4 aliphatic carbocycles. The number of carbonyl (C=O) groups is 3. The molecule has 5 heteroatoms. The van der Waals surface area contributed by atoms with E-state index in [-0.39, 0.29) is 29.6 Å². The van der Waals surface area contributed by atoms with E-state index in [4.69, 9.17) is 0 Å². The quantitative estimate of drug-likeness (QED) is 0.653. The molecule has 6 fully saturated rings. The van der Waals surface area contributed by atoms with Gasteiger partial charge in [-0.3, -0.25) is 19.3 Å². The highest BCUT2D eigenvalue weighted by molar-refractivity contribution is 6.05. The molecular weight excluding hydrogens is 376 g/mol. The Labute approximate surface area is 180 Å². The first kappa shape index (κ1) is 20.5. The summed E-state index contributed by atoms with van der Waals surface area (Å²) < 4.78 is 0. The largest absolute Gasteiger partial charge is 0.339 e. The highest BCUT2D eigenvalue weighted by Crippen LogP contribution is 2.53. The Bertz CT molecular complexity index is 705. The summed E-state index contributed by atoms with van der Waals surface area (Å²) in [5.74, 6) is 2.28. The second kappa shape index (κ2) is 8.27. The molecule has 0 N–H and O–H groups in total. The van der Waals surface area contributed by atoms with E-state index in [1.165, 1.54) is 25.7 Å². The molecule has 0 radical (unpaired) electrons. The average molecular weight is 415 g/mol. The highest BCUT2D eigenvalue weighted by Gasteiger charge is 2.57.